The first-order valence-corrected chi connectivity index (χ1v) is 7.66. The van der Waals surface area contributed by atoms with E-state index in [0.29, 0.717) is 12.8 Å². The third-order valence-electron chi connectivity index (χ3n) is 3.33. The van der Waals surface area contributed by atoms with E-state index in [1.165, 1.54) is 11.3 Å². The minimum atomic E-state index is -0.994. The molecule has 0 aromatic carbocycles. The van der Waals surface area contributed by atoms with Crippen LogP contribution in [0.25, 0.3) is 0 Å². The molecule has 0 fully saturated rings. The van der Waals surface area contributed by atoms with E-state index in [-0.39, 0.29) is 36.0 Å². The molecule has 0 bridgehead atoms. The summed E-state index contributed by atoms with van der Waals surface area (Å²) in [4.78, 5) is 29.7. The van der Waals surface area contributed by atoms with Crippen molar-refractivity contribution in [2.24, 2.45) is 0 Å². The minimum absolute atomic E-state index is 0. The molecule has 1 aromatic rings. The number of aromatic nitrogens is 1. The summed E-state index contributed by atoms with van der Waals surface area (Å²) >= 11 is 1.20. The van der Waals surface area contributed by atoms with Crippen molar-refractivity contribution in [3.8, 4) is 0 Å². The van der Waals surface area contributed by atoms with E-state index in [2.05, 4.69) is 4.98 Å². The Morgan fingerprint density at radius 3 is 2.59 bits per heavy atom. The Morgan fingerprint density at radius 1 is 1.41 bits per heavy atom. The molecule has 0 radical (unpaired) electrons. The predicted molar refractivity (Wildman–Crippen MR) is 86.0 cm³/mol. The number of likely N-dealkylation sites (N-methyl/N-ethyl adjacent to an activating group) is 1. The molecule has 8 heteroatoms. The van der Waals surface area contributed by atoms with Gasteiger partial charge in [0.2, 0.25) is 5.01 Å². The van der Waals surface area contributed by atoms with Gasteiger partial charge in [0.05, 0.1) is 5.69 Å². The summed E-state index contributed by atoms with van der Waals surface area (Å²) in [6.07, 6.45) is 1.75. The molecule has 1 amide bonds. The zero-order valence-electron chi connectivity index (χ0n) is 12.7. The van der Waals surface area contributed by atoms with Crippen LogP contribution in [0.1, 0.15) is 47.6 Å². The molecule has 1 unspecified atom stereocenters. The van der Waals surface area contributed by atoms with E-state index in [0.717, 1.165) is 17.0 Å². The first-order chi connectivity index (χ1) is 9.67. The maximum absolute atomic E-state index is 12.1. The van der Waals surface area contributed by atoms with Crippen molar-refractivity contribution in [3.63, 3.8) is 0 Å². The van der Waals surface area contributed by atoms with Crippen molar-refractivity contribution in [3.05, 3.63) is 15.6 Å². The Morgan fingerprint density at radius 2 is 2.05 bits per heavy atom. The molecule has 0 aliphatic heterocycles. The predicted octanol–water partition coefficient (Wildman–Crippen LogP) is 1.92. The summed E-state index contributed by atoms with van der Waals surface area (Å²) in [7, 11) is 1.73. The summed E-state index contributed by atoms with van der Waals surface area (Å²) in [5, 5.41) is 9.11. The molecule has 22 heavy (non-hydrogen) atoms. The average Bonchev–Trinajstić information content (AvgIpc) is 2.78. The second kappa shape index (κ2) is 7.03. The van der Waals surface area contributed by atoms with E-state index >= 15 is 0 Å². The fourth-order valence-corrected chi connectivity index (χ4v) is 3.28. The zero-order valence-corrected chi connectivity index (χ0v) is 13.5. The summed E-state index contributed by atoms with van der Waals surface area (Å²) in [6, 6.07) is 0.0226. The molecule has 0 saturated carbocycles. The van der Waals surface area contributed by atoms with Crippen molar-refractivity contribution in [2.45, 2.75) is 51.7 Å². The van der Waals surface area contributed by atoms with Gasteiger partial charge in [0.1, 0.15) is 5.60 Å². The van der Waals surface area contributed by atoms with Crippen molar-refractivity contribution >= 4 is 42.3 Å². The van der Waals surface area contributed by atoms with Gasteiger partial charge < -0.3 is 14.7 Å². The molecule has 6 nitrogen and oxygen atoms in total. The fourth-order valence-electron chi connectivity index (χ4n) is 2.26. The third kappa shape index (κ3) is 4.48. The monoisotopic (exact) mass is 320 g/mol. The van der Waals surface area contributed by atoms with Gasteiger partial charge in [0.25, 0.3) is 0 Å². The molecule has 118 valence electrons. The molecule has 1 atom stereocenters. The number of fused-ring (bicyclic) bond motifs is 1. The quantitative estimate of drug-likeness (QED) is 0.842. The van der Waals surface area contributed by atoms with Crippen LogP contribution in [0.4, 0.5) is 4.79 Å². The first-order valence-electron chi connectivity index (χ1n) is 6.85. The Bertz CT molecular complexity index is 568. The summed E-state index contributed by atoms with van der Waals surface area (Å²) in [5.74, 6) is -0.994. The van der Waals surface area contributed by atoms with Gasteiger partial charge in [-0.15, -0.1) is 11.3 Å². The van der Waals surface area contributed by atoms with Crippen LogP contribution < -0.4 is 0 Å². The number of hydrogen-bond donors (Lipinski definition) is 1. The number of aromatic carboxylic acids is 1. The van der Waals surface area contributed by atoms with Crippen LogP contribution in [0.15, 0.2) is 0 Å². The van der Waals surface area contributed by atoms with Gasteiger partial charge in [-0.2, -0.15) is 0 Å². The van der Waals surface area contributed by atoms with Crippen molar-refractivity contribution in [1.82, 2.24) is 9.88 Å². The molecule has 1 aliphatic rings. The number of nitrogens with zero attached hydrogens (tertiary/aromatic N) is 2. The first kappa shape index (κ1) is 19.0. The van der Waals surface area contributed by atoms with Crippen LogP contribution in [0.5, 0.6) is 0 Å². The van der Waals surface area contributed by atoms with Crippen LogP contribution in [0.2, 0.25) is 0 Å². The standard InChI is InChI=1S/C14H20N2O4S.Li.H/c1-14(2,3)20-13(19)16(4)8-5-6-9-10(7-8)21-11(15-9)12(17)18;;/h8H,5-7H2,1-4H3,(H,17,18);;. The Labute approximate surface area is 146 Å². The number of rotatable bonds is 2. The number of carboxylic acids is 1. The van der Waals surface area contributed by atoms with Crippen LogP contribution >= 0.6 is 11.3 Å². The number of carbonyl (C=O) groups excluding carboxylic acids is 1. The number of hydrogen-bond acceptors (Lipinski definition) is 5. The number of carbonyl (C=O) groups is 2. The Hall–Kier alpha value is -1.03. The summed E-state index contributed by atoms with van der Waals surface area (Å²) in [5.41, 5.74) is 0.331. The molecule has 0 spiro atoms. The van der Waals surface area contributed by atoms with Crippen molar-refractivity contribution < 1.29 is 19.4 Å². The van der Waals surface area contributed by atoms with Crippen LogP contribution in [-0.4, -0.2) is 64.6 Å². The summed E-state index contributed by atoms with van der Waals surface area (Å²) < 4.78 is 5.36. The summed E-state index contributed by atoms with van der Waals surface area (Å²) in [6.45, 7) is 5.50. The van der Waals surface area contributed by atoms with Gasteiger partial charge in [-0.1, -0.05) is 0 Å². The third-order valence-corrected chi connectivity index (χ3v) is 4.43. The Kier molecular flexibility index (Phi) is 6.08. The van der Waals surface area contributed by atoms with E-state index in [1.54, 1.807) is 11.9 Å². The molecule has 1 heterocycles. The molecular formula is C14H21LiN2O4S. The second-order valence-electron chi connectivity index (χ2n) is 6.18. The number of amides is 1. The molecule has 1 aromatic heterocycles. The zero-order chi connectivity index (χ0) is 15.8. The van der Waals surface area contributed by atoms with Crippen molar-refractivity contribution in [1.29, 1.82) is 0 Å². The Balaban J connectivity index is 0.00000242. The van der Waals surface area contributed by atoms with Crippen LogP contribution in [0, 0.1) is 0 Å². The van der Waals surface area contributed by atoms with E-state index < -0.39 is 11.6 Å². The van der Waals surface area contributed by atoms with Gasteiger partial charge in [-0.3, -0.25) is 0 Å². The van der Waals surface area contributed by atoms with Gasteiger partial charge >= 0.3 is 30.9 Å². The molecular weight excluding hydrogens is 299 g/mol. The van der Waals surface area contributed by atoms with Gasteiger partial charge in [-0.25, -0.2) is 14.6 Å². The van der Waals surface area contributed by atoms with Crippen LogP contribution in [0.3, 0.4) is 0 Å². The van der Waals surface area contributed by atoms with E-state index in [1.807, 2.05) is 20.8 Å². The molecule has 1 N–H and O–H groups in total. The topological polar surface area (TPSA) is 79.7 Å². The molecule has 1 aliphatic carbocycles. The van der Waals surface area contributed by atoms with E-state index in [9.17, 15) is 9.59 Å². The maximum atomic E-state index is 12.1. The fraction of sp³-hybridized carbons (Fsp3) is 0.643. The number of ether oxygens (including phenoxy) is 1. The normalized spacial score (nSPS) is 17.2. The molecule has 0 saturated heterocycles. The average molecular weight is 320 g/mol. The van der Waals surface area contributed by atoms with Crippen LogP contribution in [-0.2, 0) is 17.6 Å². The number of carboxylic acid groups (broad SMARTS) is 1. The van der Waals surface area contributed by atoms with E-state index in [4.69, 9.17) is 9.84 Å². The molecule has 2 rings (SSSR count). The van der Waals surface area contributed by atoms with Crippen molar-refractivity contribution in [2.75, 3.05) is 7.05 Å². The number of thiazole rings is 1. The van der Waals surface area contributed by atoms with Gasteiger partial charge in [0, 0.05) is 24.4 Å². The number of aryl methyl sites for hydroxylation is 1. The van der Waals surface area contributed by atoms with Gasteiger partial charge in [0.15, 0.2) is 0 Å². The van der Waals surface area contributed by atoms with Gasteiger partial charge in [-0.05, 0) is 33.6 Å². The second-order valence-corrected chi connectivity index (χ2v) is 7.27. The SMILES string of the molecule is CN(C(=O)OC(C)(C)C)C1CCc2nc(C(=O)O)sc2C1.[LiH].